The van der Waals surface area contributed by atoms with E-state index in [1.165, 1.54) is 0 Å². The largest absolute Gasteiger partial charge is 0.391 e. The summed E-state index contributed by atoms with van der Waals surface area (Å²) in [5.41, 5.74) is 0. The molecule has 110 valence electrons. The van der Waals surface area contributed by atoms with Crippen molar-refractivity contribution in [2.45, 2.75) is 62.0 Å². The maximum atomic E-state index is 12.7. The fraction of sp³-hybridized carbons (Fsp3) is 0.923. The summed E-state index contributed by atoms with van der Waals surface area (Å²) >= 11 is 3.51. The van der Waals surface area contributed by atoms with Crippen LogP contribution in [0.5, 0.6) is 0 Å². The molecule has 2 rings (SSSR count). The van der Waals surface area contributed by atoms with Crippen LogP contribution in [-0.2, 0) is 4.79 Å². The van der Waals surface area contributed by atoms with Gasteiger partial charge in [-0.3, -0.25) is 4.79 Å². The molecule has 0 aromatic heterocycles. The Morgan fingerprint density at radius 1 is 1.11 bits per heavy atom. The Labute approximate surface area is 119 Å². The summed E-state index contributed by atoms with van der Waals surface area (Å²) in [5, 5.41) is 2.92. The lowest BCUT2D eigenvalue weighted by atomic mass is 9.80. The molecule has 2 nitrogen and oxygen atoms in total. The maximum absolute atomic E-state index is 12.7. The van der Waals surface area contributed by atoms with Gasteiger partial charge in [-0.2, -0.15) is 13.2 Å². The lowest BCUT2D eigenvalue weighted by Gasteiger charge is -2.30. The van der Waals surface area contributed by atoms with Crippen molar-refractivity contribution in [2.75, 3.05) is 0 Å². The molecule has 0 heterocycles. The molecule has 19 heavy (non-hydrogen) atoms. The Balaban J connectivity index is 1.88. The van der Waals surface area contributed by atoms with E-state index < -0.39 is 18.0 Å². The van der Waals surface area contributed by atoms with Crippen molar-refractivity contribution in [1.29, 1.82) is 0 Å². The Bertz CT molecular complexity index is 334. The first kappa shape index (κ1) is 15.1. The fourth-order valence-corrected chi connectivity index (χ4v) is 3.82. The second kappa shape index (κ2) is 6.02. The first-order chi connectivity index (χ1) is 8.88. The third kappa shape index (κ3) is 3.86. The lowest BCUT2D eigenvalue weighted by molar-refractivity contribution is -0.186. The van der Waals surface area contributed by atoms with Crippen LogP contribution in [0, 0.1) is 11.8 Å². The van der Waals surface area contributed by atoms with E-state index in [4.69, 9.17) is 0 Å². The van der Waals surface area contributed by atoms with E-state index in [0.29, 0.717) is 12.8 Å². The van der Waals surface area contributed by atoms with Gasteiger partial charge >= 0.3 is 6.18 Å². The molecule has 2 aliphatic carbocycles. The second-order valence-corrected chi connectivity index (χ2v) is 6.84. The number of halogens is 4. The molecule has 0 aromatic carbocycles. The molecule has 2 fully saturated rings. The van der Waals surface area contributed by atoms with Gasteiger partial charge < -0.3 is 5.32 Å². The molecular formula is C13H19BrF3NO. The third-order valence-electron chi connectivity index (χ3n) is 4.27. The zero-order chi connectivity index (χ0) is 14.0. The van der Waals surface area contributed by atoms with Gasteiger partial charge in [0.05, 0.1) is 5.92 Å². The normalized spacial score (nSPS) is 36.2. The van der Waals surface area contributed by atoms with Crippen molar-refractivity contribution in [3.8, 4) is 0 Å². The summed E-state index contributed by atoms with van der Waals surface area (Å²) in [4.78, 5) is 12.3. The smallest absolute Gasteiger partial charge is 0.352 e. The van der Waals surface area contributed by atoms with Crippen LogP contribution in [0.1, 0.15) is 44.9 Å². The zero-order valence-corrected chi connectivity index (χ0v) is 12.3. The van der Waals surface area contributed by atoms with Crippen LogP contribution < -0.4 is 5.32 Å². The Morgan fingerprint density at radius 2 is 1.79 bits per heavy atom. The van der Waals surface area contributed by atoms with Gasteiger partial charge in [0.2, 0.25) is 5.91 Å². The summed E-state index contributed by atoms with van der Waals surface area (Å²) in [7, 11) is 0. The van der Waals surface area contributed by atoms with Crippen LogP contribution >= 0.6 is 15.9 Å². The monoisotopic (exact) mass is 341 g/mol. The predicted octanol–water partition coefficient (Wildman–Crippen LogP) is 3.79. The summed E-state index contributed by atoms with van der Waals surface area (Å²) in [6.07, 6.45) is 0.00831. The molecule has 1 amide bonds. The third-order valence-corrected chi connectivity index (χ3v) is 5.36. The molecule has 0 aromatic rings. The van der Waals surface area contributed by atoms with Gasteiger partial charge in [-0.25, -0.2) is 0 Å². The summed E-state index contributed by atoms with van der Waals surface area (Å²) < 4.78 is 38.1. The fourth-order valence-electron chi connectivity index (χ4n) is 3.10. The van der Waals surface area contributed by atoms with Gasteiger partial charge in [-0.1, -0.05) is 28.8 Å². The van der Waals surface area contributed by atoms with E-state index >= 15 is 0 Å². The summed E-state index contributed by atoms with van der Waals surface area (Å²) in [5.74, 6) is -1.97. The second-order valence-electron chi connectivity index (χ2n) is 5.66. The standard InChI is InChI=1S/C13H19BrF3NO/c14-10-5-2-6-11(10)18-12(19)8-3-1-4-9(7-8)13(15,16)17/h8-11H,1-7H2,(H,18,19). The van der Waals surface area contributed by atoms with Crippen LogP contribution in [0.2, 0.25) is 0 Å². The molecule has 0 saturated heterocycles. The molecule has 1 N–H and O–H groups in total. The Hall–Kier alpha value is -0.260. The SMILES string of the molecule is O=C(NC1CCCC1Br)C1CCCC(C(F)(F)F)C1. The highest BCUT2D eigenvalue weighted by Crippen LogP contribution is 2.40. The van der Waals surface area contributed by atoms with Gasteiger partial charge in [-0.15, -0.1) is 0 Å². The molecule has 4 unspecified atom stereocenters. The first-order valence-electron chi connectivity index (χ1n) is 6.89. The zero-order valence-electron chi connectivity index (χ0n) is 10.7. The molecule has 0 spiro atoms. The van der Waals surface area contributed by atoms with E-state index in [-0.39, 0.29) is 29.6 Å². The number of nitrogens with one attached hydrogen (secondary N) is 1. The lowest BCUT2D eigenvalue weighted by Crippen LogP contribution is -2.43. The van der Waals surface area contributed by atoms with Crippen molar-refractivity contribution < 1.29 is 18.0 Å². The number of rotatable bonds is 2. The minimum Gasteiger partial charge on any atom is -0.352 e. The van der Waals surface area contributed by atoms with Gasteiger partial charge in [0, 0.05) is 16.8 Å². The molecule has 6 heteroatoms. The van der Waals surface area contributed by atoms with Gasteiger partial charge in [-0.05, 0) is 32.1 Å². The van der Waals surface area contributed by atoms with Gasteiger partial charge in [0.1, 0.15) is 0 Å². The highest BCUT2D eigenvalue weighted by atomic mass is 79.9. The van der Waals surface area contributed by atoms with Crippen LogP contribution in [0.25, 0.3) is 0 Å². The summed E-state index contributed by atoms with van der Waals surface area (Å²) in [6, 6.07) is 0.0822. The van der Waals surface area contributed by atoms with Crippen LogP contribution in [0.4, 0.5) is 13.2 Å². The number of carbonyl (C=O) groups is 1. The number of amides is 1. The van der Waals surface area contributed by atoms with Gasteiger partial charge in [0.15, 0.2) is 0 Å². The minimum atomic E-state index is -4.16. The number of hydrogen-bond acceptors (Lipinski definition) is 1. The van der Waals surface area contributed by atoms with E-state index in [0.717, 1.165) is 19.3 Å². The number of alkyl halides is 4. The minimum absolute atomic E-state index is 0.0466. The maximum Gasteiger partial charge on any atom is 0.391 e. The molecule has 0 radical (unpaired) electrons. The van der Waals surface area contributed by atoms with Crippen molar-refractivity contribution >= 4 is 21.8 Å². The molecule has 0 aliphatic heterocycles. The average Bonchev–Trinajstić information content (AvgIpc) is 2.74. The Kier molecular flexibility index (Phi) is 4.79. The molecule has 2 aliphatic rings. The van der Waals surface area contributed by atoms with E-state index in [1.54, 1.807) is 0 Å². The van der Waals surface area contributed by atoms with E-state index in [2.05, 4.69) is 21.2 Å². The highest BCUT2D eigenvalue weighted by molar-refractivity contribution is 9.09. The Morgan fingerprint density at radius 3 is 2.37 bits per heavy atom. The van der Waals surface area contributed by atoms with Gasteiger partial charge in [0.25, 0.3) is 0 Å². The van der Waals surface area contributed by atoms with Crippen LogP contribution in [-0.4, -0.2) is 23.0 Å². The van der Waals surface area contributed by atoms with Crippen molar-refractivity contribution in [3.05, 3.63) is 0 Å². The molecule has 2 saturated carbocycles. The van der Waals surface area contributed by atoms with Crippen molar-refractivity contribution in [3.63, 3.8) is 0 Å². The topological polar surface area (TPSA) is 29.1 Å². The number of carbonyl (C=O) groups excluding carboxylic acids is 1. The first-order valence-corrected chi connectivity index (χ1v) is 7.80. The predicted molar refractivity (Wildman–Crippen MR) is 70.0 cm³/mol. The number of hydrogen-bond donors (Lipinski definition) is 1. The van der Waals surface area contributed by atoms with Crippen molar-refractivity contribution in [2.24, 2.45) is 11.8 Å². The summed E-state index contributed by atoms with van der Waals surface area (Å²) in [6.45, 7) is 0. The van der Waals surface area contributed by atoms with Crippen LogP contribution in [0.15, 0.2) is 0 Å². The highest BCUT2D eigenvalue weighted by Gasteiger charge is 2.43. The van der Waals surface area contributed by atoms with Crippen LogP contribution in [0.3, 0.4) is 0 Å². The molecular weight excluding hydrogens is 323 g/mol. The average molecular weight is 342 g/mol. The van der Waals surface area contributed by atoms with Crippen molar-refractivity contribution in [1.82, 2.24) is 5.32 Å². The van der Waals surface area contributed by atoms with E-state index in [1.807, 2.05) is 0 Å². The quantitative estimate of drug-likeness (QED) is 0.760. The molecule has 0 bridgehead atoms. The molecule has 4 atom stereocenters. The van der Waals surface area contributed by atoms with E-state index in [9.17, 15) is 18.0 Å².